The summed E-state index contributed by atoms with van der Waals surface area (Å²) in [7, 11) is 0. The summed E-state index contributed by atoms with van der Waals surface area (Å²) >= 11 is 0. The van der Waals surface area contributed by atoms with Gasteiger partial charge in [-0.25, -0.2) is 4.79 Å². The molecule has 2 atom stereocenters. The molecular weight excluding hydrogens is 286 g/mol. The van der Waals surface area contributed by atoms with Crippen molar-refractivity contribution < 1.29 is 24.2 Å². The van der Waals surface area contributed by atoms with Crippen molar-refractivity contribution in [2.24, 2.45) is 0 Å². The third kappa shape index (κ3) is 2.92. The van der Waals surface area contributed by atoms with Crippen LogP contribution >= 0.6 is 0 Å². The zero-order valence-corrected chi connectivity index (χ0v) is 12.2. The van der Waals surface area contributed by atoms with Crippen molar-refractivity contribution in [2.75, 3.05) is 26.4 Å². The lowest BCUT2D eigenvalue weighted by atomic mass is 9.89. The van der Waals surface area contributed by atoms with Crippen LogP contribution in [0.15, 0.2) is 24.3 Å². The molecule has 1 aromatic rings. The van der Waals surface area contributed by atoms with Gasteiger partial charge in [-0.05, 0) is 24.0 Å². The summed E-state index contributed by atoms with van der Waals surface area (Å²) in [6.45, 7) is 1.37. The maximum absolute atomic E-state index is 12.6. The summed E-state index contributed by atoms with van der Waals surface area (Å²) in [6, 6.07) is 6.84. The van der Waals surface area contributed by atoms with Crippen molar-refractivity contribution in [3.63, 3.8) is 0 Å². The fourth-order valence-corrected chi connectivity index (χ4v) is 3.06. The molecule has 0 aromatic heterocycles. The summed E-state index contributed by atoms with van der Waals surface area (Å²) in [5.41, 5.74) is 1.03. The van der Waals surface area contributed by atoms with E-state index in [4.69, 9.17) is 9.47 Å². The molecule has 0 bridgehead atoms. The number of carbonyl (C=O) groups is 2. The number of fused-ring (bicyclic) bond motifs is 1. The highest BCUT2D eigenvalue weighted by Gasteiger charge is 2.34. The molecule has 2 heterocycles. The number of carbonyl (C=O) groups excluding carboxylic acids is 1. The van der Waals surface area contributed by atoms with E-state index in [1.54, 1.807) is 0 Å². The molecule has 2 aliphatic rings. The van der Waals surface area contributed by atoms with Crippen LogP contribution in [0.3, 0.4) is 0 Å². The van der Waals surface area contributed by atoms with E-state index in [1.807, 2.05) is 24.3 Å². The minimum absolute atomic E-state index is 0.0610. The number of rotatable bonds is 3. The van der Waals surface area contributed by atoms with Gasteiger partial charge in [0.2, 0.25) is 5.91 Å². The summed E-state index contributed by atoms with van der Waals surface area (Å²) in [6.07, 6.45) is 1.08. The second kappa shape index (κ2) is 6.36. The minimum Gasteiger partial charge on any atom is -0.493 e. The number of para-hydroxylation sites is 1. The van der Waals surface area contributed by atoms with E-state index in [2.05, 4.69) is 0 Å². The lowest BCUT2D eigenvalue weighted by molar-refractivity contribution is -0.158. The predicted octanol–water partition coefficient (Wildman–Crippen LogP) is 1.25. The van der Waals surface area contributed by atoms with E-state index in [1.165, 1.54) is 4.90 Å². The van der Waals surface area contributed by atoms with Crippen LogP contribution in [0.2, 0.25) is 0 Å². The van der Waals surface area contributed by atoms with Crippen molar-refractivity contribution in [3.8, 4) is 5.75 Å². The van der Waals surface area contributed by atoms with E-state index >= 15 is 0 Å². The van der Waals surface area contributed by atoms with Gasteiger partial charge in [-0.3, -0.25) is 4.79 Å². The van der Waals surface area contributed by atoms with Gasteiger partial charge < -0.3 is 19.5 Å². The number of hydrogen-bond donors (Lipinski definition) is 1. The Labute approximate surface area is 128 Å². The largest absolute Gasteiger partial charge is 0.493 e. The Hall–Kier alpha value is -2.08. The number of carboxylic acid groups (broad SMARTS) is 1. The van der Waals surface area contributed by atoms with Crippen molar-refractivity contribution in [3.05, 3.63) is 29.8 Å². The van der Waals surface area contributed by atoms with Crippen LogP contribution in [0, 0.1) is 0 Å². The molecule has 0 aliphatic carbocycles. The van der Waals surface area contributed by atoms with Gasteiger partial charge in [0.15, 0.2) is 6.04 Å². The standard InChI is InChI=1S/C16H19NO5/c18-15(17-6-8-21-10-13(17)16(19)20)9-11-5-7-22-14-4-2-1-3-12(11)14/h1-4,11,13H,5-10H2,(H,19,20). The number of carboxylic acids is 1. The average molecular weight is 305 g/mol. The first-order valence-corrected chi connectivity index (χ1v) is 7.48. The molecule has 22 heavy (non-hydrogen) atoms. The van der Waals surface area contributed by atoms with Gasteiger partial charge in [0.1, 0.15) is 5.75 Å². The Balaban J connectivity index is 1.73. The van der Waals surface area contributed by atoms with Crippen molar-refractivity contribution >= 4 is 11.9 Å². The summed E-state index contributed by atoms with van der Waals surface area (Å²) in [5, 5.41) is 9.23. The van der Waals surface area contributed by atoms with E-state index in [0.29, 0.717) is 26.2 Å². The quantitative estimate of drug-likeness (QED) is 0.909. The number of ether oxygens (including phenoxy) is 2. The molecule has 1 N–H and O–H groups in total. The number of morpholine rings is 1. The van der Waals surface area contributed by atoms with Crippen LogP contribution in [0.25, 0.3) is 0 Å². The highest BCUT2D eigenvalue weighted by molar-refractivity contribution is 5.84. The van der Waals surface area contributed by atoms with E-state index in [9.17, 15) is 14.7 Å². The second-order valence-corrected chi connectivity index (χ2v) is 5.59. The summed E-state index contributed by atoms with van der Waals surface area (Å²) in [5.74, 6) is -0.240. The fourth-order valence-electron chi connectivity index (χ4n) is 3.06. The number of hydrogen-bond acceptors (Lipinski definition) is 4. The van der Waals surface area contributed by atoms with Gasteiger partial charge in [-0.15, -0.1) is 0 Å². The van der Waals surface area contributed by atoms with E-state index in [0.717, 1.165) is 17.7 Å². The molecule has 6 nitrogen and oxygen atoms in total. The topological polar surface area (TPSA) is 76.1 Å². The number of amides is 1. The molecule has 1 fully saturated rings. The zero-order valence-electron chi connectivity index (χ0n) is 12.2. The Bertz CT molecular complexity index is 573. The first kappa shape index (κ1) is 14.8. The van der Waals surface area contributed by atoms with Gasteiger partial charge >= 0.3 is 5.97 Å². The fraction of sp³-hybridized carbons (Fsp3) is 0.500. The molecule has 0 spiro atoms. The molecule has 1 saturated heterocycles. The molecule has 0 saturated carbocycles. The van der Waals surface area contributed by atoms with E-state index < -0.39 is 12.0 Å². The van der Waals surface area contributed by atoms with Gasteiger partial charge in [0.05, 0.1) is 19.8 Å². The third-order valence-electron chi connectivity index (χ3n) is 4.24. The Morgan fingerprint density at radius 2 is 2.09 bits per heavy atom. The maximum Gasteiger partial charge on any atom is 0.328 e. The normalized spacial score (nSPS) is 24.3. The molecule has 3 rings (SSSR count). The van der Waals surface area contributed by atoms with Crippen LogP contribution in [0.4, 0.5) is 0 Å². The van der Waals surface area contributed by atoms with Gasteiger partial charge in [-0.2, -0.15) is 0 Å². The molecule has 2 aliphatic heterocycles. The van der Waals surface area contributed by atoms with Gasteiger partial charge in [0, 0.05) is 13.0 Å². The van der Waals surface area contributed by atoms with Crippen LogP contribution < -0.4 is 4.74 Å². The van der Waals surface area contributed by atoms with Gasteiger partial charge in [0.25, 0.3) is 0 Å². The predicted molar refractivity (Wildman–Crippen MR) is 77.9 cm³/mol. The lowest BCUT2D eigenvalue weighted by Gasteiger charge is -2.34. The zero-order chi connectivity index (χ0) is 15.5. The van der Waals surface area contributed by atoms with Crippen LogP contribution in [-0.4, -0.2) is 54.3 Å². The average Bonchev–Trinajstić information content (AvgIpc) is 2.55. The smallest absolute Gasteiger partial charge is 0.328 e. The second-order valence-electron chi connectivity index (χ2n) is 5.59. The number of benzene rings is 1. The SMILES string of the molecule is O=C(O)C1COCCN1C(=O)CC1CCOc2ccccc21. The molecule has 2 unspecified atom stereocenters. The third-order valence-corrected chi connectivity index (χ3v) is 4.24. The Morgan fingerprint density at radius 1 is 1.27 bits per heavy atom. The highest BCUT2D eigenvalue weighted by Crippen LogP contribution is 2.36. The molecular formula is C16H19NO5. The van der Waals surface area contributed by atoms with Crippen molar-refractivity contribution in [1.82, 2.24) is 4.90 Å². The summed E-state index contributed by atoms with van der Waals surface area (Å²) in [4.78, 5) is 25.3. The first-order valence-electron chi connectivity index (χ1n) is 7.48. The van der Waals surface area contributed by atoms with E-state index in [-0.39, 0.29) is 18.4 Å². The Morgan fingerprint density at radius 3 is 2.91 bits per heavy atom. The minimum atomic E-state index is -1.01. The molecule has 118 valence electrons. The molecule has 1 amide bonds. The Kier molecular flexibility index (Phi) is 4.29. The molecule has 6 heteroatoms. The van der Waals surface area contributed by atoms with Gasteiger partial charge in [-0.1, -0.05) is 18.2 Å². The van der Waals surface area contributed by atoms with Crippen LogP contribution in [0.1, 0.15) is 24.3 Å². The lowest BCUT2D eigenvalue weighted by Crippen LogP contribution is -2.52. The molecule has 0 radical (unpaired) electrons. The monoisotopic (exact) mass is 305 g/mol. The number of nitrogens with zero attached hydrogens (tertiary/aromatic N) is 1. The molecule has 1 aromatic carbocycles. The maximum atomic E-state index is 12.6. The van der Waals surface area contributed by atoms with Crippen LogP contribution in [-0.2, 0) is 14.3 Å². The van der Waals surface area contributed by atoms with Crippen molar-refractivity contribution in [1.29, 1.82) is 0 Å². The first-order chi connectivity index (χ1) is 10.7. The summed E-state index contributed by atoms with van der Waals surface area (Å²) < 4.78 is 10.8. The number of aliphatic carboxylic acids is 1. The highest BCUT2D eigenvalue weighted by atomic mass is 16.5. The van der Waals surface area contributed by atoms with Crippen molar-refractivity contribution in [2.45, 2.75) is 24.8 Å². The van der Waals surface area contributed by atoms with Crippen LogP contribution in [0.5, 0.6) is 5.75 Å².